The summed E-state index contributed by atoms with van der Waals surface area (Å²) in [4.78, 5) is 27.7. The number of aliphatic carboxylic acids is 1. The topological polar surface area (TPSA) is 103 Å². The van der Waals surface area contributed by atoms with E-state index < -0.39 is 12.1 Å². The van der Waals surface area contributed by atoms with Crippen LogP contribution in [-0.4, -0.2) is 58.3 Å². The molecule has 1 heterocycles. The molecule has 0 saturated heterocycles. The lowest BCUT2D eigenvalue weighted by atomic mass is 10.2. The van der Waals surface area contributed by atoms with Crippen LogP contribution in [0.5, 0.6) is 0 Å². The first-order valence-corrected chi connectivity index (χ1v) is 6.30. The summed E-state index contributed by atoms with van der Waals surface area (Å²) in [7, 11) is 1.64. The van der Waals surface area contributed by atoms with Gasteiger partial charge in [0.2, 0.25) is 0 Å². The van der Waals surface area contributed by atoms with Crippen molar-refractivity contribution < 1.29 is 19.8 Å². The van der Waals surface area contributed by atoms with Crippen molar-refractivity contribution in [2.45, 2.75) is 18.9 Å². The van der Waals surface area contributed by atoms with Crippen LogP contribution in [0.3, 0.4) is 0 Å². The number of likely N-dealkylation sites (N-methyl/N-ethyl adjacent to an activating group) is 1. The number of pyridine rings is 1. The fourth-order valence-electron chi connectivity index (χ4n) is 1.50. The zero-order chi connectivity index (χ0) is 15.0. The minimum atomic E-state index is -1.45. The van der Waals surface area contributed by atoms with Gasteiger partial charge in [0.15, 0.2) is 6.10 Å². The number of carbonyl (C=O) groups is 2. The van der Waals surface area contributed by atoms with Gasteiger partial charge in [0.25, 0.3) is 0 Å². The maximum atomic E-state index is 11.7. The van der Waals surface area contributed by atoms with E-state index >= 15 is 0 Å². The van der Waals surface area contributed by atoms with Gasteiger partial charge in [0.1, 0.15) is 0 Å². The van der Waals surface area contributed by atoms with Gasteiger partial charge >= 0.3 is 12.0 Å². The van der Waals surface area contributed by atoms with E-state index in [-0.39, 0.29) is 19.0 Å². The van der Waals surface area contributed by atoms with Gasteiger partial charge in [-0.2, -0.15) is 0 Å². The average Bonchev–Trinajstić information content (AvgIpc) is 2.45. The molecular weight excluding hydrogens is 262 g/mol. The lowest BCUT2D eigenvalue weighted by molar-refractivity contribution is -0.146. The number of rotatable bonds is 7. The number of carboxylic acids is 1. The van der Waals surface area contributed by atoms with E-state index in [9.17, 15) is 9.59 Å². The Labute approximate surface area is 117 Å². The smallest absolute Gasteiger partial charge is 0.332 e. The fourth-order valence-corrected chi connectivity index (χ4v) is 1.50. The number of carbonyl (C=O) groups excluding carboxylic acids is 1. The molecule has 110 valence electrons. The molecule has 2 amide bonds. The highest BCUT2D eigenvalue weighted by molar-refractivity contribution is 5.74. The Kier molecular flexibility index (Phi) is 6.45. The van der Waals surface area contributed by atoms with Crippen LogP contribution in [0.15, 0.2) is 24.4 Å². The third kappa shape index (κ3) is 5.66. The Bertz CT molecular complexity index is 439. The van der Waals surface area contributed by atoms with Gasteiger partial charge in [-0.05, 0) is 12.1 Å². The van der Waals surface area contributed by atoms with E-state index in [0.29, 0.717) is 13.0 Å². The van der Waals surface area contributed by atoms with Crippen molar-refractivity contribution in [3.8, 4) is 0 Å². The number of aliphatic hydroxyl groups excluding tert-OH is 1. The molecule has 7 nitrogen and oxygen atoms in total. The number of aliphatic hydroxyl groups is 1. The molecule has 7 heteroatoms. The molecule has 1 aromatic rings. The zero-order valence-electron chi connectivity index (χ0n) is 11.3. The normalized spacial score (nSPS) is 11.7. The van der Waals surface area contributed by atoms with E-state index in [1.165, 1.54) is 4.90 Å². The molecule has 3 N–H and O–H groups in total. The third-order valence-electron chi connectivity index (χ3n) is 2.76. The zero-order valence-corrected chi connectivity index (χ0v) is 11.3. The van der Waals surface area contributed by atoms with E-state index in [0.717, 1.165) is 5.69 Å². The van der Waals surface area contributed by atoms with Gasteiger partial charge in [-0.25, -0.2) is 9.59 Å². The predicted molar refractivity (Wildman–Crippen MR) is 72.2 cm³/mol. The highest BCUT2D eigenvalue weighted by Gasteiger charge is 2.14. The van der Waals surface area contributed by atoms with Crippen LogP contribution in [0.25, 0.3) is 0 Å². The number of carboxylic acid groups (broad SMARTS) is 1. The first kappa shape index (κ1) is 15.9. The first-order valence-electron chi connectivity index (χ1n) is 6.30. The van der Waals surface area contributed by atoms with E-state index in [2.05, 4.69) is 10.3 Å². The highest BCUT2D eigenvalue weighted by Crippen LogP contribution is 1.97. The number of urea groups is 1. The molecule has 1 aromatic heterocycles. The van der Waals surface area contributed by atoms with E-state index in [1.807, 2.05) is 18.2 Å². The summed E-state index contributed by atoms with van der Waals surface area (Å²) in [6, 6.07) is 5.29. The Hall–Kier alpha value is -2.15. The summed E-state index contributed by atoms with van der Waals surface area (Å²) in [5, 5.41) is 20.1. The molecule has 20 heavy (non-hydrogen) atoms. The molecule has 0 aliphatic rings. The van der Waals surface area contributed by atoms with Gasteiger partial charge in [-0.15, -0.1) is 0 Å². The molecule has 0 saturated carbocycles. The second kappa shape index (κ2) is 8.11. The molecular formula is C13H19N3O4. The van der Waals surface area contributed by atoms with Crippen molar-refractivity contribution >= 4 is 12.0 Å². The summed E-state index contributed by atoms with van der Waals surface area (Å²) < 4.78 is 0. The van der Waals surface area contributed by atoms with E-state index in [4.69, 9.17) is 10.2 Å². The van der Waals surface area contributed by atoms with Crippen LogP contribution in [0.1, 0.15) is 12.1 Å². The van der Waals surface area contributed by atoms with Crippen LogP contribution < -0.4 is 5.32 Å². The molecule has 0 radical (unpaired) electrons. The second-order valence-electron chi connectivity index (χ2n) is 4.37. The van der Waals surface area contributed by atoms with Gasteiger partial charge < -0.3 is 20.4 Å². The van der Waals surface area contributed by atoms with Crippen molar-refractivity contribution in [2.24, 2.45) is 0 Å². The van der Waals surface area contributed by atoms with Crippen LogP contribution in [0.4, 0.5) is 4.79 Å². The quantitative estimate of drug-likeness (QED) is 0.658. The van der Waals surface area contributed by atoms with E-state index in [1.54, 1.807) is 13.2 Å². The average molecular weight is 281 g/mol. The largest absolute Gasteiger partial charge is 0.479 e. The van der Waals surface area contributed by atoms with Gasteiger partial charge in [-0.1, -0.05) is 6.07 Å². The fraction of sp³-hybridized carbons (Fsp3) is 0.462. The number of hydrogen-bond acceptors (Lipinski definition) is 4. The van der Waals surface area contributed by atoms with Crippen LogP contribution in [0, 0.1) is 0 Å². The summed E-state index contributed by atoms with van der Waals surface area (Å²) in [5.41, 5.74) is 0.897. The maximum Gasteiger partial charge on any atom is 0.332 e. The molecule has 1 atom stereocenters. The Balaban J connectivity index is 2.24. The van der Waals surface area contributed by atoms with Crippen molar-refractivity contribution in [3.63, 3.8) is 0 Å². The lowest BCUT2D eigenvalue weighted by Crippen LogP contribution is -2.40. The Morgan fingerprint density at radius 2 is 2.20 bits per heavy atom. The van der Waals surface area contributed by atoms with Crippen LogP contribution >= 0.6 is 0 Å². The number of nitrogens with zero attached hydrogens (tertiary/aromatic N) is 2. The van der Waals surface area contributed by atoms with Crippen LogP contribution in [0.2, 0.25) is 0 Å². The monoisotopic (exact) mass is 281 g/mol. The Morgan fingerprint density at radius 3 is 2.80 bits per heavy atom. The maximum absolute atomic E-state index is 11.7. The number of nitrogens with one attached hydrogen (secondary N) is 1. The molecule has 0 aliphatic heterocycles. The predicted octanol–water partition coefficient (Wildman–Crippen LogP) is 0.101. The molecule has 0 spiro atoms. The molecule has 0 fully saturated rings. The number of hydrogen-bond donors (Lipinski definition) is 3. The molecule has 0 aromatic carbocycles. The summed E-state index contributed by atoms with van der Waals surface area (Å²) in [6.45, 7) is 0.616. The van der Waals surface area contributed by atoms with Crippen molar-refractivity contribution in [1.82, 2.24) is 15.2 Å². The SMILES string of the molecule is CN(CCc1ccccn1)C(=O)NCCC(O)C(=O)O. The molecule has 0 aliphatic carbocycles. The second-order valence-corrected chi connectivity index (χ2v) is 4.37. The number of aromatic nitrogens is 1. The number of amides is 2. The summed E-state index contributed by atoms with van der Waals surface area (Å²) in [5.74, 6) is -1.29. The minimum absolute atomic E-state index is 0.0187. The molecule has 0 bridgehead atoms. The van der Waals surface area contributed by atoms with Crippen molar-refractivity contribution in [1.29, 1.82) is 0 Å². The van der Waals surface area contributed by atoms with Gasteiger partial charge in [0, 0.05) is 44.9 Å². The molecule has 1 rings (SSSR count). The lowest BCUT2D eigenvalue weighted by Gasteiger charge is -2.18. The molecule has 1 unspecified atom stereocenters. The van der Waals surface area contributed by atoms with Gasteiger partial charge in [0.05, 0.1) is 0 Å². The standard InChI is InChI=1S/C13H19N3O4/c1-16(9-6-10-4-2-3-7-14-10)13(20)15-8-5-11(17)12(18)19/h2-4,7,11,17H,5-6,8-9H2,1H3,(H,15,20)(H,18,19). The summed E-state index contributed by atoms with van der Waals surface area (Å²) in [6.07, 6.45) is 0.870. The van der Waals surface area contributed by atoms with Crippen LogP contribution in [-0.2, 0) is 11.2 Å². The summed E-state index contributed by atoms with van der Waals surface area (Å²) >= 11 is 0. The minimum Gasteiger partial charge on any atom is -0.479 e. The van der Waals surface area contributed by atoms with Crippen molar-refractivity contribution in [2.75, 3.05) is 20.1 Å². The third-order valence-corrected chi connectivity index (χ3v) is 2.76. The Morgan fingerprint density at radius 1 is 1.45 bits per heavy atom. The van der Waals surface area contributed by atoms with Crippen molar-refractivity contribution in [3.05, 3.63) is 30.1 Å². The first-order chi connectivity index (χ1) is 9.50. The highest BCUT2D eigenvalue weighted by atomic mass is 16.4. The van der Waals surface area contributed by atoms with Gasteiger partial charge in [-0.3, -0.25) is 4.98 Å².